The molecule has 2 aromatic carbocycles. The van der Waals surface area contributed by atoms with Crippen LogP contribution in [-0.4, -0.2) is 47.8 Å². The number of aldehydes is 1. The van der Waals surface area contributed by atoms with Gasteiger partial charge in [-0.1, -0.05) is 121 Å². The normalized spacial score (nSPS) is 21.6. The molecule has 4 atom stereocenters. The van der Waals surface area contributed by atoms with E-state index >= 15 is 0 Å². The minimum atomic E-state index is -2.74. The lowest BCUT2D eigenvalue weighted by molar-refractivity contribution is -0.108. The van der Waals surface area contributed by atoms with Crippen molar-refractivity contribution in [1.82, 2.24) is 0 Å². The van der Waals surface area contributed by atoms with Crippen molar-refractivity contribution in [3.63, 3.8) is 0 Å². The van der Waals surface area contributed by atoms with Gasteiger partial charge >= 0.3 is 0 Å². The smallest absolute Gasteiger partial charge is 0.261 e. The molecule has 1 heterocycles. The molecule has 1 aliphatic heterocycles. The second-order valence-corrected chi connectivity index (χ2v) is 22.7. The predicted molar refractivity (Wildman–Crippen MR) is 173 cm³/mol. The van der Waals surface area contributed by atoms with Gasteiger partial charge in [0.15, 0.2) is 8.32 Å². The first-order valence-electron chi connectivity index (χ1n) is 15.0. The van der Waals surface area contributed by atoms with Crippen molar-refractivity contribution in [1.29, 1.82) is 0 Å². The van der Waals surface area contributed by atoms with Crippen molar-refractivity contribution >= 4 is 33.3 Å². The number of rotatable bonds is 12. The lowest BCUT2D eigenvalue weighted by Crippen LogP contribution is -2.68. The van der Waals surface area contributed by atoms with E-state index < -0.39 is 16.6 Å². The lowest BCUT2D eigenvalue weighted by Gasteiger charge is -2.45. The van der Waals surface area contributed by atoms with E-state index in [1.165, 1.54) is 10.4 Å². The van der Waals surface area contributed by atoms with Gasteiger partial charge in [-0.05, 0) is 46.4 Å². The zero-order chi connectivity index (χ0) is 29.6. The summed E-state index contributed by atoms with van der Waals surface area (Å²) in [6, 6.07) is 21.5. The molecule has 0 saturated carbocycles. The van der Waals surface area contributed by atoms with Crippen molar-refractivity contribution in [2.45, 2.75) is 109 Å². The largest absolute Gasteiger partial charge is 0.411 e. The summed E-state index contributed by atoms with van der Waals surface area (Å²) in [6.07, 6.45) is 7.38. The van der Waals surface area contributed by atoms with E-state index in [1.54, 1.807) is 0 Å². The van der Waals surface area contributed by atoms with E-state index in [4.69, 9.17) is 13.6 Å². The number of hydrogen-bond donors (Lipinski definition) is 0. The Bertz CT molecular complexity index is 1050. The molecule has 1 fully saturated rings. The standard InChI is InChI=1S/C34H52O4Si2/c1-10-27(37-39(8,9)33(2,3)4)23-24-31-30(22-17-25-35)32(26-36-31)38-40(34(5,6)7,28-18-13-11-14-19-28)29-20-15-12-16-21-29/h11-16,18-21,23-25,27,30-32H,10,17,22,26H2,1-9H3/b24-23+/t27-,30+,31+,32-/m0/s1. The summed E-state index contributed by atoms with van der Waals surface area (Å²) in [7, 11) is -4.64. The fourth-order valence-corrected chi connectivity index (χ4v) is 11.6. The van der Waals surface area contributed by atoms with Crippen LogP contribution in [0, 0.1) is 5.92 Å². The van der Waals surface area contributed by atoms with Gasteiger partial charge in [-0.25, -0.2) is 0 Å². The molecule has 0 unspecified atom stereocenters. The Morgan fingerprint density at radius 1 is 0.925 bits per heavy atom. The van der Waals surface area contributed by atoms with Gasteiger partial charge in [-0.2, -0.15) is 0 Å². The molecule has 1 saturated heterocycles. The Kier molecular flexibility index (Phi) is 11.0. The summed E-state index contributed by atoms with van der Waals surface area (Å²) in [4.78, 5) is 11.5. The number of carbonyl (C=O) groups is 1. The highest BCUT2D eigenvalue weighted by molar-refractivity contribution is 6.99. The van der Waals surface area contributed by atoms with Gasteiger partial charge in [0, 0.05) is 12.3 Å². The average Bonchev–Trinajstić information content (AvgIpc) is 3.28. The Balaban J connectivity index is 1.96. The monoisotopic (exact) mass is 580 g/mol. The number of hydrogen-bond acceptors (Lipinski definition) is 4. The van der Waals surface area contributed by atoms with Crippen LogP contribution in [0.25, 0.3) is 0 Å². The van der Waals surface area contributed by atoms with E-state index in [0.717, 1.165) is 19.1 Å². The molecule has 220 valence electrons. The molecular formula is C34H52O4Si2. The van der Waals surface area contributed by atoms with Gasteiger partial charge < -0.3 is 18.4 Å². The summed E-state index contributed by atoms with van der Waals surface area (Å²) >= 11 is 0. The third-order valence-electron chi connectivity index (χ3n) is 8.89. The molecule has 0 aromatic heterocycles. The molecule has 2 aromatic rings. The molecule has 0 aliphatic carbocycles. The number of benzene rings is 2. The topological polar surface area (TPSA) is 44.8 Å². The second-order valence-electron chi connectivity index (χ2n) is 13.7. The lowest BCUT2D eigenvalue weighted by atomic mass is 9.93. The van der Waals surface area contributed by atoms with Crippen LogP contribution in [0.2, 0.25) is 23.2 Å². The van der Waals surface area contributed by atoms with E-state index in [0.29, 0.717) is 13.0 Å². The molecule has 1 aliphatic rings. The van der Waals surface area contributed by atoms with Crippen LogP contribution < -0.4 is 10.4 Å². The Morgan fingerprint density at radius 2 is 1.48 bits per heavy atom. The van der Waals surface area contributed by atoms with Crippen LogP contribution in [0.1, 0.15) is 67.7 Å². The SMILES string of the molecule is CC[C@@H](/C=C/[C@H]1OC[C@H](O[Si](c2ccccc2)(c2ccccc2)C(C)(C)C)[C@@H]1CCC=O)O[Si](C)(C)C(C)(C)C. The van der Waals surface area contributed by atoms with Gasteiger partial charge in [0.1, 0.15) is 6.29 Å². The van der Waals surface area contributed by atoms with Crippen LogP contribution in [0.3, 0.4) is 0 Å². The van der Waals surface area contributed by atoms with Gasteiger partial charge in [0.05, 0.1) is 24.9 Å². The molecule has 0 N–H and O–H groups in total. The van der Waals surface area contributed by atoms with Gasteiger partial charge in [-0.3, -0.25) is 0 Å². The molecule has 0 radical (unpaired) electrons. The third kappa shape index (κ3) is 7.32. The van der Waals surface area contributed by atoms with Gasteiger partial charge in [0.25, 0.3) is 8.32 Å². The van der Waals surface area contributed by atoms with Gasteiger partial charge in [0.2, 0.25) is 0 Å². The summed E-state index contributed by atoms with van der Waals surface area (Å²) in [5.41, 5.74) is 0. The predicted octanol–water partition coefficient (Wildman–Crippen LogP) is 7.28. The quantitative estimate of drug-likeness (QED) is 0.150. The summed E-state index contributed by atoms with van der Waals surface area (Å²) in [5, 5.41) is 2.55. The first kappa shape index (κ1) is 32.7. The van der Waals surface area contributed by atoms with Crippen LogP contribution in [-0.2, 0) is 18.4 Å². The van der Waals surface area contributed by atoms with E-state index in [-0.39, 0.29) is 34.3 Å². The first-order chi connectivity index (χ1) is 18.8. The molecular weight excluding hydrogens is 529 g/mol. The minimum absolute atomic E-state index is 0.0489. The molecule has 6 heteroatoms. The van der Waals surface area contributed by atoms with Crippen molar-refractivity contribution < 1.29 is 18.4 Å². The average molecular weight is 581 g/mol. The van der Waals surface area contributed by atoms with Crippen LogP contribution in [0.15, 0.2) is 72.8 Å². The number of carbonyl (C=O) groups excluding carboxylic acids is 1. The molecule has 0 spiro atoms. The third-order valence-corrected chi connectivity index (χ3v) is 18.5. The molecule has 40 heavy (non-hydrogen) atoms. The van der Waals surface area contributed by atoms with Crippen LogP contribution in [0.4, 0.5) is 0 Å². The maximum absolute atomic E-state index is 11.5. The van der Waals surface area contributed by atoms with Crippen LogP contribution in [0.5, 0.6) is 0 Å². The Hall–Kier alpha value is -1.84. The minimum Gasteiger partial charge on any atom is -0.411 e. The zero-order valence-electron chi connectivity index (χ0n) is 26.3. The van der Waals surface area contributed by atoms with E-state index in [2.05, 4.69) is 134 Å². The number of ether oxygens (including phenoxy) is 1. The van der Waals surface area contributed by atoms with Crippen molar-refractivity contribution in [2.75, 3.05) is 6.61 Å². The van der Waals surface area contributed by atoms with Crippen molar-refractivity contribution in [3.8, 4) is 0 Å². The molecule has 0 amide bonds. The maximum Gasteiger partial charge on any atom is 0.261 e. The highest BCUT2D eigenvalue weighted by atomic mass is 28.4. The zero-order valence-corrected chi connectivity index (χ0v) is 28.3. The fraction of sp³-hybridized carbons (Fsp3) is 0.559. The summed E-state index contributed by atoms with van der Waals surface area (Å²) in [6.45, 7) is 21.0. The van der Waals surface area contributed by atoms with Gasteiger partial charge in [-0.15, -0.1) is 0 Å². The second kappa shape index (κ2) is 13.4. The Morgan fingerprint density at radius 3 is 1.93 bits per heavy atom. The Labute approximate surface area is 245 Å². The molecule has 0 bridgehead atoms. The van der Waals surface area contributed by atoms with Crippen LogP contribution >= 0.6 is 0 Å². The van der Waals surface area contributed by atoms with E-state index in [9.17, 15) is 4.79 Å². The highest BCUT2D eigenvalue weighted by Crippen LogP contribution is 2.41. The van der Waals surface area contributed by atoms with Crippen molar-refractivity contribution in [3.05, 3.63) is 72.8 Å². The van der Waals surface area contributed by atoms with Crippen molar-refractivity contribution in [2.24, 2.45) is 5.92 Å². The first-order valence-corrected chi connectivity index (χ1v) is 19.8. The maximum atomic E-state index is 11.5. The molecule has 3 rings (SSSR count). The summed E-state index contributed by atoms with van der Waals surface area (Å²) < 4.78 is 20.6. The highest BCUT2D eigenvalue weighted by Gasteiger charge is 2.53. The molecule has 4 nitrogen and oxygen atoms in total. The fourth-order valence-electron chi connectivity index (χ4n) is 5.56. The van der Waals surface area contributed by atoms with E-state index in [1.807, 2.05) is 0 Å². The summed E-state index contributed by atoms with van der Waals surface area (Å²) in [5.74, 6) is 0.0912.